The van der Waals surface area contributed by atoms with Crippen molar-refractivity contribution in [2.45, 2.75) is 37.1 Å². The number of alkyl halides is 2. The largest absolute Gasteiger partial charge is 0.490 e. The summed E-state index contributed by atoms with van der Waals surface area (Å²) in [4.78, 5) is 15.3. The van der Waals surface area contributed by atoms with Crippen LogP contribution >= 0.6 is 11.8 Å². The Morgan fingerprint density at radius 2 is 1.85 bits per heavy atom. The van der Waals surface area contributed by atoms with E-state index >= 15 is 0 Å². The van der Waals surface area contributed by atoms with Crippen LogP contribution in [0, 0.1) is 0 Å². The molecule has 0 bridgehead atoms. The van der Waals surface area contributed by atoms with E-state index < -0.39 is 6.61 Å². The third-order valence-electron chi connectivity index (χ3n) is 3.72. The first-order chi connectivity index (χ1) is 12.9. The van der Waals surface area contributed by atoms with Gasteiger partial charge in [0.1, 0.15) is 0 Å². The number of rotatable bonds is 9. The van der Waals surface area contributed by atoms with E-state index in [1.54, 1.807) is 31.0 Å². The van der Waals surface area contributed by atoms with E-state index in [9.17, 15) is 13.6 Å². The highest BCUT2D eigenvalue weighted by molar-refractivity contribution is 8.00. The number of carbonyl (C=O) groups excluding carboxylic acids is 1. The van der Waals surface area contributed by atoms with Gasteiger partial charge in [-0.2, -0.15) is 8.78 Å². The maximum absolute atomic E-state index is 12.6. The van der Waals surface area contributed by atoms with E-state index in [-0.39, 0.29) is 22.7 Å². The highest BCUT2D eigenvalue weighted by Gasteiger charge is 2.19. The molecule has 0 aromatic heterocycles. The molecule has 0 N–H and O–H groups in total. The molecular formula is C20H23F2NO3S. The van der Waals surface area contributed by atoms with Gasteiger partial charge in [0.15, 0.2) is 11.5 Å². The Hall–Kier alpha value is -2.28. The number of ether oxygens (including phenoxy) is 2. The smallest absolute Gasteiger partial charge is 0.387 e. The average molecular weight is 395 g/mol. The normalized spacial score (nSPS) is 11.9. The summed E-state index contributed by atoms with van der Waals surface area (Å²) in [5.41, 5.74) is 0.771. The number of carbonyl (C=O) groups is 1. The predicted molar refractivity (Wildman–Crippen MR) is 102 cm³/mol. The number of benzene rings is 2. The van der Waals surface area contributed by atoms with E-state index in [1.165, 1.54) is 17.8 Å². The van der Waals surface area contributed by atoms with Crippen LogP contribution in [-0.4, -0.2) is 36.3 Å². The van der Waals surface area contributed by atoms with Gasteiger partial charge in [-0.3, -0.25) is 4.79 Å². The van der Waals surface area contributed by atoms with Crippen molar-refractivity contribution in [1.29, 1.82) is 0 Å². The van der Waals surface area contributed by atoms with Crippen molar-refractivity contribution in [2.75, 3.05) is 13.7 Å². The number of hydrogen-bond acceptors (Lipinski definition) is 4. The van der Waals surface area contributed by atoms with Gasteiger partial charge >= 0.3 is 6.61 Å². The molecule has 146 valence electrons. The molecule has 0 saturated heterocycles. The van der Waals surface area contributed by atoms with Crippen molar-refractivity contribution in [1.82, 2.24) is 4.90 Å². The first kappa shape index (κ1) is 21.0. The lowest BCUT2D eigenvalue weighted by atomic mass is 10.2. The maximum atomic E-state index is 12.6. The molecule has 0 aliphatic carbocycles. The lowest BCUT2D eigenvalue weighted by molar-refractivity contribution is -0.129. The summed E-state index contributed by atoms with van der Waals surface area (Å²) < 4.78 is 34.8. The Kier molecular flexibility index (Phi) is 7.91. The minimum atomic E-state index is -2.92. The van der Waals surface area contributed by atoms with E-state index in [4.69, 9.17) is 4.74 Å². The van der Waals surface area contributed by atoms with Crippen LogP contribution in [0.2, 0.25) is 0 Å². The molecule has 27 heavy (non-hydrogen) atoms. The van der Waals surface area contributed by atoms with Crippen LogP contribution < -0.4 is 9.47 Å². The third-order valence-corrected chi connectivity index (χ3v) is 4.82. The number of halogens is 2. The predicted octanol–water partition coefficient (Wildman–Crippen LogP) is 4.83. The van der Waals surface area contributed by atoms with Crippen LogP contribution in [0.1, 0.15) is 19.4 Å². The van der Waals surface area contributed by atoms with Crippen LogP contribution in [0.15, 0.2) is 53.4 Å². The lowest BCUT2D eigenvalue weighted by Gasteiger charge is -2.22. The van der Waals surface area contributed by atoms with Crippen LogP contribution in [-0.2, 0) is 11.3 Å². The van der Waals surface area contributed by atoms with E-state index in [2.05, 4.69) is 4.74 Å². The third kappa shape index (κ3) is 6.43. The minimum Gasteiger partial charge on any atom is -0.490 e. The fourth-order valence-corrected chi connectivity index (χ4v) is 3.53. The van der Waals surface area contributed by atoms with Crippen LogP contribution in [0.4, 0.5) is 8.78 Å². The fraction of sp³-hybridized carbons (Fsp3) is 0.350. The number of amides is 1. The fourth-order valence-electron chi connectivity index (χ4n) is 2.53. The molecule has 2 aromatic carbocycles. The Morgan fingerprint density at radius 3 is 2.48 bits per heavy atom. The van der Waals surface area contributed by atoms with Gasteiger partial charge in [-0.15, -0.1) is 11.8 Å². The quantitative estimate of drug-likeness (QED) is 0.571. The van der Waals surface area contributed by atoms with Gasteiger partial charge in [-0.05, 0) is 43.7 Å². The van der Waals surface area contributed by atoms with Crippen molar-refractivity contribution in [3.8, 4) is 11.5 Å². The SMILES string of the molecule is CCOc1cc(CN(C)C(=O)C(C)Sc2ccccc2)ccc1OC(F)F. The first-order valence-electron chi connectivity index (χ1n) is 8.58. The number of thioether (sulfide) groups is 1. The molecule has 1 unspecified atom stereocenters. The van der Waals surface area contributed by atoms with Crippen LogP contribution in [0.25, 0.3) is 0 Å². The topological polar surface area (TPSA) is 38.8 Å². The summed E-state index contributed by atoms with van der Waals surface area (Å²) in [6, 6.07) is 14.4. The Morgan fingerprint density at radius 1 is 1.15 bits per heavy atom. The second kappa shape index (κ2) is 10.2. The van der Waals surface area contributed by atoms with Gasteiger partial charge in [-0.25, -0.2) is 0 Å². The molecule has 0 saturated carbocycles. The van der Waals surface area contributed by atoms with Gasteiger partial charge in [0.05, 0.1) is 11.9 Å². The van der Waals surface area contributed by atoms with Crippen LogP contribution in [0.3, 0.4) is 0 Å². The summed E-state index contributed by atoms with van der Waals surface area (Å²) in [7, 11) is 1.72. The Balaban J connectivity index is 2.04. The zero-order valence-electron chi connectivity index (χ0n) is 15.5. The monoisotopic (exact) mass is 395 g/mol. The molecule has 2 rings (SSSR count). The molecule has 0 heterocycles. The molecule has 2 aromatic rings. The molecule has 1 amide bonds. The summed E-state index contributed by atoms with van der Waals surface area (Å²) in [6.07, 6.45) is 0. The van der Waals surface area contributed by atoms with Crippen LogP contribution in [0.5, 0.6) is 11.5 Å². The van der Waals surface area contributed by atoms with Crippen molar-refractivity contribution in [2.24, 2.45) is 0 Å². The highest BCUT2D eigenvalue weighted by Crippen LogP contribution is 2.30. The van der Waals surface area contributed by atoms with E-state index in [0.29, 0.717) is 13.2 Å². The Labute approximate surface area is 162 Å². The molecule has 0 radical (unpaired) electrons. The molecule has 4 nitrogen and oxygen atoms in total. The van der Waals surface area contributed by atoms with E-state index in [0.717, 1.165) is 10.5 Å². The van der Waals surface area contributed by atoms with Gasteiger partial charge in [-0.1, -0.05) is 24.3 Å². The summed E-state index contributed by atoms with van der Waals surface area (Å²) in [6.45, 7) is 1.37. The van der Waals surface area contributed by atoms with Crippen molar-refractivity contribution in [3.63, 3.8) is 0 Å². The second-order valence-electron chi connectivity index (χ2n) is 5.86. The van der Waals surface area contributed by atoms with Gasteiger partial charge in [0.2, 0.25) is 5.91 Å². The van der Waals surface area contributed by atoms with Gasteiger partial charge in [0.25, 0.3) is 0 Å². The average Bonchev–Trinajstić information content (AvgIpc) is 2.64. The van der Waals surface area contributed by atoms with Gasteiger partial charge in [0, 0.05) is 18.5 Å². The molecule has 0 aliphatic rings. The molecular weight excluding hydrogens is 372 g/mol. The van der Waals surface area contributed by atoms with Gasteiger partial charge < -0.3 is 14.4 Å². The standard InChI is InChI=1S/C20H23F2NO3S/c1-4-25-18-12-15(10-11-17(18)26-20(21)22)13-23(3)19(24)14(2)27-16-8-6-5-7-9-16/h5-12,14,20H,4,13H2,1-3H3. The Bertz CT molecular complexity index is 743. The lowest BCUT2D eigenvalue weighted by Crippen LogP contribution is -2.32. The van der Waals surface area contributed by atoms with Crippen molar-refractivity contribution >= 4 is 17.7 Å². The number of nitrogens with zero attached hydrogens (tertiary/aromatic N) is 1. The zero-order chi connectivity index (χ0) is 19.8. The highest BCUT2D eigenvalue weighted by atomic mass is 32.2. The minimum absolute atomic E-state index is 0.0161. The molecule has 0 fully saturated rings. The molecule has 0 aliphatic heterocycles. The zero-order valence-corrected chi connectivity index (χ0v) is 16.3. The van der Waals surface area contributed by atoms with E-state index in [1.807, 2.05) is 37.3 Å². The van der Waals surface area contributed by atoms with Crippen molar-refractivity contribution in [3.05, 3.63) is 54.1 Å². The summed E-state index contributed by atoms with van der Waals surface area (Å²) in [5.74, 6) is 0.204. The molecule has 1 atom stereocenters. The maximum Gasteiger partial charge on any atom is 0.387 e. The number of hydrogen-bond donors (Lipinski definition) is 0. The molecule has 0 spiro atoms. The second-order valence-corrected chi connectivity index (χ2v) is 7.27. The van der Waals surface area contributed by atoms with Crippen molar-refractivity contribution < 1.29 is 23.0 Å². The summed E-state index contributed by atoms with van der Waals surface area (Å²) in [5, 5.41) is -0.245. The summed E-state index contributed by atoms with van der Waals surface area (Å²) >= 11 is 1.49. The molecule has 7 heteroatoms. The first-order valence-corrected chi connectivity index (χ1v) is 9.46.